The molecule has 3 aromatic carbocycles. The Hall–Kier alpha value is -1.81. The van der Waals surface area contributed by atoms with Gasteiger partial charge in [-0.05, 0) is 56.0 Å². The summed E-state index contributed by atoms with van der Waals surface area (Å²) in [6.07, 6.45) is 2.20. The fourth-order valence-electron chi connectivity index (χ4n) is 3.09. The van der Waals surface area contributed by atoms with Crippen LogP contribution >= 0.6 is 28.3 Å². The number of nitrogens with one attached hydrogen (secondary N) is 1. The number of aryl methyl sites for hydroxylation is 2. The standard InChI is InChI=1S/C25H28BrNO.ClH/c1-19-8-11-22(12-9-19)18-28-25-15-14-24(26)16-23(25)17-27-20(2)10-13-21-6-4-3-5-7-21;/h3-9,11-12,14-16,20,27H,10,13,17-18H2,1-2H3;1H. The summed E-state index contributed by atoms with van der Waals surface area (Å²) in [7, 11) is 0. The summed E-state index contributed by atoms with van der Waals surface area (Å²) in [5.41, 5.74) is 5.01. The summed E-state index contributed by atoms with van der Waals surface area (Å²) in [5.74, 6) is 0.937. The SMILES string of the molecule is Cc1ccc(COc2ccc(Br)cc2CNC(C)CCc2ccccc2)cc1.Cl. The van der Waals surface area contributed by atoms with E-state index in [4.69, 9.17) is 4.74 Å². The first-order chi connectivity index (χ1) is 13.6. The molecule has 0 aliphatic heterocycles. The zero-order valence-electron chi connectivity index (χ0n) is 17.0. The minimum absolute atomic E-state index is 0. The molecule has 1 N–H and O–H groups in total. The van der Waals surface area contributed by atoms with Gasteiger partial charge in [0, 0.05) is 22.6 Å². The molecule has 0 spiro atoms. The zero-order chi connectivity index (χ0) is 19.8. The van der Waals surface area contributed by atoms with Crippen LogP contribution in [0.3, 0.4) is 0 Å². The van der Waals surface area contributed by atoms with Gasteiger partial charge < -0.3 is 10.1 Å². The van der Waals surface area contributed by atoms with Gasteiger partial charge in [-0.2, -0.15) is 0 Å². The summed E-state index contributed by atoms with van der Waals surface area (Å²) in [6, 6.07) is 25.8. The summed E-state index contributed by atoms with van der Waals surface area (Å²) in [5, 5.41) is 3.64. The van der Waals surface area contributed by atoms with Crippen LogP contribution in [0.5, 0.6) is 5.75 Å². The van der Waals surface area contributed by atoms with Crippen molar-refractivity contribution in [3.05, 3.63) is 99.5 Å². The van der Waals surface area contributed by atoms with Crippen LogP contribution in [0, 0.1) is 6.92 Å². The Labute approximate surface area is 189 Å². The molecule has 29 heavy (non-hydrogen) atoms. The van der Waals surface area contributed by atoms with Crippen molar-refractivity contribution in [2.75, 3.05) is 0 Å². The molecule has 0 aliphatic rings. The van der Waals surface area contributed by atoms with E-state index in [2.05, 4.69) is 95.8 Å². The molecule has 0 heterocycles. The Morgan fingerprint density at radius 3 is 2.38 bits per heavy atom. The van der Waals surface area contributed by atoms with E-state index >= 15 is 0 Å². The van der Waals surface area contributed by atoms with Gasteiger partial charge in [0.1, 0.15) is 12.4 Å². The van der Waals surface area contributed by atoms with Crippen molar-refractivity contribution in [2.24, 2.45) is 0 Å². The minimum atomic E-state index is 0. The van der Waals surface area contributed by atoms with Crippen molar-refractivity contribution >= 4 is 28.3 Å². The van der Waals surface area contributed by atoms with Gasteiger partial charge >= 0.3 is 0 Å². The minimum Gasteiger partial charge on any atom is -0.489 e. The molecule has 0 amide bonds. The summed E-state index contributed by atoms with van der Waals surface area (Å²) < 4.78 is 7.19. The van der Waals surface area contributed by atoms with Crippen LogP contribution < -0.4 is 10.1 Å². The van der Waals surface area contributed by atoms with E-state index in [-0.39, 0.29) is 12.4 Å². The summed E-state index contributed by atoms with van der Waals surface area (Å²) in [4.78, 5) is 0. The third-order valence-corrected chi connectivity index (χ3v) is 5.38. The normalized spacial score (nSPS) is 11.6. The van der Waals surface area contributed by atoms with Gasteiger partial charge in [-0.15, -0.1) is 12.4 Å². The smallest absolute Gasteiger partial charge is 0.124 e. The Bertz CT molecular complexity index is 868. The van der Waals surface area contributed by atoms with Gasteiger partial charge in [-0.3, -0.25) is 0 Å². The molecule has 0 saturated carbocycles. The average Bonchev–Trinajstić information content (AvgIpc) is 2.72. The first-order valence-electron chi connectivity index (χ1n) is 9.84. The van der Waals surface area contributed by atoms with E-state index in [0.29, 0.717) is 12.6 Å². The molecule has 3 rings (SSSR count). The number of hydrogen-bond donors (Lipinski definition) is 1. The molecule has 0 fully saturated rings. The Morgan fingerprint density at radius 2 is 1.66 bits per heavy atom. The average molecular weight is 475 g/mol. The van der Waals surface area contributed by atoms with Crippen LogP contribution in [0.1, 0.15) is 35.6 Å². The van der Waals surface area contributed by atoms with Gasteiger partial charge in [0.05, 0.1) is 0 Å². The van der Waals surface area contributed by atoms with Crippen LogP contribution in [-0.2, 0) is 19.6 Å². The number of hydrogen-bond acceptors (Lipinski definition) is 2. The second-order valence-electron chi connectivity index (χ2n) is 7.33. The lowest BCUT2D eigenvalue weighted by Gasteiger charge is -2.17. The maximum absolute atomic E-state index is 6.12. The molecule has 0 bridgehead atoms. The molecule has 0 aromatic heterocycles. The van der Waals surface area contributed by atoms with Gasteiger partial charge in [-0.25, -0.2) is 0 Å². The lowest BCUT2D eigenvalue weighted by molar-refractivity contribution is 0.301. The van der Waals surface area contributed by atoms with Crippen molar-refractivity contribution in [1.29, 1.82) is 0 Å². The molecule has 0 saturated heterocycles. The highest BCUT2D eigenvalue weighted by Crippen LogP contribution is 2.24. The van der Waals surface area contributed by atoms with E-state index in [1.54, 1.807) is 0 Å². The second kappa shape index (κ2) is 12.0. The van der Waals surface area contributed by atoms with Gasteiger partial charge in [0.15, 0.2) is 0 Å². The monoisotopic (exact) mass is 473 g/mol. The topological polar surface area (TPSA) is 21.3 Å². The molecule has 154 valence electrons. The molecule has 0 aliphatic carbocycles. The molecular weight excluding hydrogens is 446 g/mol. The fourth-order valence-corrected chi connectivity index (χ4v) is 3.49. The van der Waals surface area contributed by atoms with Crippen LogP contribution in [0.15, 0.2) is 77.3 Å². The lowest BCUT2D eigenvalue weighted by atomic mass is 10.1. The predicted molar refractivity (Wildman–Crippen MR) is 128 cm³/mol. The molecule has 1 unspecified atom stereocenters. The molecule has 2 nitrogen and oxygen atoms in total. The molecular formula is C25H29BrClNO. The first-order valence-corrected chi connectivity index (χ1v) is 10.6. The van der Waals surface area contributed by atoms with Crippen molar-refractivity contribution < 1.29 is 4.74 Å². The van der Waals surface area contributed by atoms with E-state index < -0.39 is 0 Å². The second-order valence-corrected chi connectivity index (χ2v) is 8.25. The van der Waals surface area contributed by atoms with Gasteiger partial charge in [0.25, 0.3) is 0 Å². The summed E-state index contributed by atoms with van der Waals surface area (Å²) >= 11 is 3.59. The van der Waals surface area contributed by atoms with Crippen molar-refractivity contribution in [3.8, 4) is 5.75 Å². The van der Waals surface area contributed by atoms with Crippen LogP contribution in [0.2, 0.25) is 0 Å². The van der Waals surface area contributed by atoms with Crippen molar-refractivity contribution in [2.45, 2.75) is 45.9 Å². The first kappa shape index (κ1) is 23.5. The molecule has 3 aromatic rings. The zero-order valence-corrected chi connectivity index (χ0v) is 19.4. The predicted octanol–water partition coefficient (Wildman–Crippen LogP) is 6.87. The number of rotatable bonds is 9. The third kappa shape index (κ3) is 7.85. The molecule has 1 atom stereocenters. The Morgan fingerprint density at radius 1 is 0.931 bits per heavy atom. The number of ether oxygens (including phenoxy) is 1. The Kier molecular flexibility index (Phi) is 9.72. The summed E-state index contributed by atoms with van der Waals surface area (Å²) in [6.45, 7) is 5.72. The highest BCUT2D eigenvalue weighted by atomic mass is 79.9. The Balaban J connectivity index is 0.00000300. The number of benzene rings is 3. The van der Waals surface area contributed by atoms with E-state index in [9.17, 15) is 0 Å². The molecule has 4 heteroatoms. The van der Waals surface area contributed by atoms with Crippen molar-refractivity contribution in [3.63, 3.8) is 0 Å². The van der Waals surface area contributed by atoms with Crippen LogP contribution in [0.25, 0.3) is 0 Å². The van der Waals surface area contributed by atoms with Crippen LogP contribution in [0.4, 0.5) is 0 Å². The quantitative estimate of drug-likeness (QED) is 0.365. The lowest BCUT2D eigenvalue weighted by Crippen LogP contribution is -2.26. The van der Waals surface area contributed by atoms with Gasteiger partial charge in [0.2, 0.25) is 0 Å². The van der Waals surface area contributed by atoms with Crippen LogP contribution in [-0.4, -0.2) is 6.04 Å². The van der Waals surface area contributed by atoms with Crippen molar-refractivity contribution in [1.82, 2.24) is 5.32 Å². The third-order valence-electron chi connectivity index (χ3n) is 4.89. The highest BCUT2D eigenvalue weighted by molar-refractivity contribution is 9.10. The highest BCUT2D eigenvalue weighted by Gasteiger charge is 2.08. The largest absolute Gasteiger partial charge is 0.489 e. The van der Waals surface area contributed by atoms with Gasteiger partial charge in [-0.1, -0.05) is 76.1 Å². The van der Waals surface area contributed by atoms with E-state index in [1.165, 1.54) is 22.3 Å². The molecule has 0 radical (unpaired) electrons. The maximum Gasteiger partial charge on any atom is 0.124 e. The van der Waals surface area contributed by atoms with E-state index in [0.717, 1.165) is 29.6 Å². The maximum atomic E-state index is 6.12. The fraction of sp³-hybridized carbons (Fsp3) is 0.280. The van der Waals surface area contributed by atoms with E-state index in [1.807, 2.05) is 12.1 Å². The number of halogens is 2.